The predicted molar refractivity (Wildman–Crippen MR) is 68.1 cm³/mol. The fourth-order valence-electron chi connectivity index (χ4n) is 1.71. The highest BCUT2D eigenvalue weighted by atomic mass is 16.5. The summed E-state index contributed by atoms with van der Waals surface area (Å²) in [6.45, 7) is 1.48. The third-order valence-corrected chi connectivity index (χ3v) is 2.70. The number of ether oxygens (including phenoxy) is 1. The van der Waals surface area contributed by atoms with E-state index in [9.17, 15) is 0 Å². The molecule has 0 saturated heterocycles. The van der Waals surface area contributed by atoms with Crippen molar-refractivity contribution in [1.82, 2.24) is 20.2 Å². The molecule has 0 bridgehead atoms. The second-order valence-corrected chi connectivity index (χ2v) is 3.95. The summed E-state index contributed by atoms with van der Waals surface area (Å²) in [5.41, 5.74) is 6.45. The first-order valence-electron chi connectivity index (χ1n) is 5.96. The van der Waals surface area contributed by atoms with Crippen LogP contribution in [-0.2, 0) is 6.54 Å². The lowest BCUT2D eigenvalue weighted by Gasteiger charge is -2.05. The molecule has 2 aromatic rings. The van der Waals surface area contributed by atoms with Gasteiger partial charge < -0.3 is 10.5 Å². The van der Waals surface area contributed by atoms with Gasteiger partial charge in [0.05, 0.1) is 7.11 Å². The third kappa shape index (κ3) is 2.84. The summed E-state index contributed by atoms with van der Waals surface area (Å²) in [6.07, 6.45) is 1.95. The summed E-state index contributed by atoms with van der Waals surface area (Å²) in [5.74, 6) is 1.59. The zero-order valence-corrected chi connectivity index (χ0v) is 10.4. The van der Waals surface area contributed by atoms with Crippen molar-refractivity contribution in [3.63, 3.8) is 0 Å². The van der Waals surface area contributed by atoms with Crippen LogP contribution < -0.4 is 10.5 Å². The highest BCUT2D eigenvalue weighted by molar-refractivity contribution is 5.55. The number of aromatic nitrogens is 4. The molecule has 18 heavy (non-hydrogen) atoms. The number of hydrogen-bond donors (Lipinski definition) is 1. The van der Waals surface area contributed by atoms with E-state index < -0.39 is 0 Å². The van der Waals surface area contributed by atoms with E-state index in [0.717, 1.165) is 36.5 Å². The van der Waals surface area contributed by atoms with Gasteiger partial charge in [0.2, 0.25) is 0 Å². The molecule has 0 aliphatic rings. The Labute approximate surface area is 106 Å². The zero-order chi connectivity index (χ0) is 12.8. The molecule has 0 saturated carbocycles. The van der Waals surface area contributed by atoms with E-state index in [1.807, 2.05) is 24.3 Å². The van der Waals surface area contributed by atoms with Crippen molar-refractivity contribution < 1.29 is 4.74 Å². The number of unbranched alkanes of at least 4 members (excludes halogenated alkanes) is 1. The van der Waals surface area contributed by atoms with E-state index >= 15 is 0 Å². The van der Waals surface area contributed by atoms with Gasteiger partial charge in [-0.15, -0.1) is 5.10 Å². The van der Waals surface area contributed by atoms with Crippen molar-refractivity contribution in [3.05, 3.63) is 24.3 Å². The number of methoxy groups -OCH3 is 1. The van der Waals surface area contributed by atoms with Crippen molar-refractivity contribution in [1.29, 1.82) is 0 Å². The molecule has 0 aliphatic carbocycles. The molecule has 0 spiro atoms. The van der Waals surface area contributed by atoms with E-state index in [4.69, 9.17) is 10.5 Å². The summed E-state index contributed by atoms with van der Waals surface area (Å²) in [4.78, 5) is 0. The average molecular weight is 247 g/mol. The number of tetrazole rings is 1. The number of benzene rings is 1. The number of rotatable bonds is 6. The summed E-state index contributed by atoms with van der Waals surface area (Å²) in [7, 11) is 1.64. The number of nitrogens with zero attached hydrogens (tertiary/aromatic N) is 4. The average Bonchev–Trinajstić information content (AvgIpc) is 2.88. The van der Waals surface area contributed by atoms with Crippen LogP contribution in [0, 0.1) is 0 Å². The monoisotopic (exact) mass is 247 g/mol. The molecule has 0 radical (unpaired) electrons. The minimum absolute atomic E-state index is 0.694. The minimum atomic E-state index is 0.694. The van der Waals surface area contributed by atoms with Gasteiger partial charge in [-0.1, -0.05) is 0 Å². The molecule has 96 valence electrons. The lowest BCUT2D eigenvalue weighted by Crippen LogP contribution is -2.06. The Hall–Kier alpha value is -1.95. The Morgan fingerprint density at radius 1 is 1.22 bits per heavy atom. The summed E-state index contributed by atoms with van der Waals surface area (Å²) in [6, 6.07) is 7.69. The summed E-state index contributed by atoms with van der Waals surface area (Å²) >= 11 is 0. The van der Waals surface area contributed by atoms with E-state index in [-0.39, 0.29) is 0 Å². The quantitative estimate of drug-likeness (QED) is 0.773. The van der Waals surface area contributed by atoms with Gasteiger partial charge in [0.15, 0.2) is 5.82 Å². The number of hydrogen-bond acceptors (Lipinski definition) is 5. The maximum Gasteiger partial charge on any atom is 0.182 e. The van der Waals surface area contributed by atoms with Crippen molar-refractivity contribution in [2.24, 2.45) is 5.73 Å². The number of nitrogens with two attached hydrogens (primary N) is 1. The molecule has 0 atom stereocenters. The van der Waals surface area contributed by atoms with Gasteiger partial charge in [-0.25, -0.2) is 4.68 Å². The van der Waals surface area contributed by atoms with Gasteiger partial charge >= 0.3 is 0 Å². The first-order valence-corrected chi connectivity index (χ1v) is 5.96. The van der Waals surface area contributed by atoms with E-state index in [1.54, 1.807) is 11.8 Å². The lowest BCUT2D eigenvalue weighted by molar-refractivity contribution is 0.415. The van der Waals surface area contributed by atoms with Crippen LogP contribution in [0.5, 0.6) is 5.75 Å². The van der Waals surface area contributed by atoms with Gasteiger partial charge in [-0.3, -0.25) is 0 Å². The maximum absolute atomic E-state index is 5.47. The first kappa shape index (κ1) is 12.5. The molecule has 1 aromatic heterocycles. The topological polar surface area (TPSA) is 78.9 Å². The smallest absolute Gasteiger partial charge is 0.182 e. The second kappa shape index (κ2) is 6.11. The molecule has 0 amide bonds. The van der Waals surface area contributed by atoms with Crippen LogP contribution >= 0.6 is 0 Å². The fourth-order valence-corrected chi connectivity index (χ4v) is 1.71. The van der Waals surface area contributed by atoms with Crippen molar-refractivity contribution >= 4 is 0 Å². The van der Waals surface area contributed by atoms with Crippen molar-refractivity contribution in [2.45, 2.75) is 19.4 Å². The molecule has 2 N–H and O–H groups in total. The lowest BCUT2D eigenvalue weighted by atomic mass is 10.2. The molecule has 2 rings (SSSR count). The van der Waals surface area contributed by atoms with Gasteiger partial charge in [0, 0.05) is 12.1 Å². The predicted octanol–water partition coefficient (Wildman–Crippen LogP) is 1.09. The van der Waals surface area contributed by atoms with Crippen LogP contribution in [0.25, 0.3) is 11.4 Å². The first-order chi connectivity index (χ1) is 8.85. The largest absolute Gasteiger partial charge is 0.497 e. The minimum Gasteiger partial charge on any atom is -0.497 e. The van der Waals surface area contributed by atoms with Crippen LogP contribution in [0.15, 0.2) is 24.3 Å². The number of aryl methyl sites for hydroxylation is 1. The van der Waals surface area contributed by atoms with Gasteiger partial charge in [0.25, 0.3) is 0 Å². The van der Waals surface area contributed by atoms with Gasteiger partial charge in [-0.05, 0) is 54.1 Å². The van der Waals surface area contributed by atoms with Crippen LogP contribution in [0.1, 0.15) is 12.8 Å². The normalized spacial score (nSPS) is 10.6. The molecule has 6 heteroatoms. The van der Waals surface area contributed by atoms with E-state index in [0.29, 0.717) is 6.54 Å². The molecule has 0 unspecified atom stereocenters. The molecule has 1 aromatic carbocycles. The Morgan fingerprint density at radius 2 is 2.00 bits per heavy atom. The molecule has 0 fully saturated rings. The maximum atomic E-state index is 5.47. The second-order valence-electron chi connectivity index (χ2n) is 3.95. The van der Waals surface area contributed by atoms with E-state index in [2.05, 4.69) is 15.5 Å². The van der Waals surface area contributed by atoms with Crippen LogP contribution in [0.2, 0.25) is 0 Å². The standard InChI is InChI=1S/C12H17N5O/c1-18-11-6-4-10(5-7-11)12-14-15-16-17(12)9-3-2-8-13/h4-7H,2-3,8-9,13H2,1H3. The Balaban J connectivity index is 2.14. The third-order valence-electron chi connectivity index (χ3n) is 2.70. The Morgan fingerprint density at radius 3 is 2.67 bits per heavy atom. The summed E-state index contributed by atoms with van der Waals surface area (Å²) in [5, 5.41) is 11.8. The Bertz CT molecular complexity index is 479. The molecule has 1 heterocycles. The summed E-state index contributed by atoms with van der Waals surface area (Å²) < 4.78 is 6.93. The molecule has 0 aliphatic heterocycles. The molecule has 6 nitrogen and oxygen atoms in total. The van der Waals surface area contributed by atoms with Gasteiger partial charge in [0.1, 0.15) is 5.75 Å². The van der Waals surface area contributed by atoms with Crippen LogP contribution in [-0.4, -0.2) is 33.9 Å². The van der Waals surface area contributed by atoms with Crippen molar-refractivity contribution in [3.8, 4) is 17.1 Å². The zero-order valence-electron chi connectivity index (χ0n) is 10.4. The SMILES string of the molecule is COc1ccc(-c2nnnn2CCCCN)cc1. The van der Waals surface area contributed by atoms with E-state index in [1.165, 1.54) is 0 Å². The molecular weight excluding hydrogens is 230 g/mol. The van der Waals surface area contributed by atoms with Crippen LogP contribution in [0.4, 0.5) is 0 Å². The molecular formula is C12H17N5O. The van der Waals surface area contributed by atoms with Gasteiger partial charge in [-0.2, -0.15) is 0 Å². The van der Waals surface area contributed by atoms with Crippen LogP contribution in [0.3, 0.4) is 0 Å². The Kier molecular flexibility index (Phi) is 4.25. The fraction of sp³-hybridized carbons (Fsp3) is 0.417. The highest BCUT2D eigenvalue weighted by Gasteiger charge is 2.08. The highest BCUT2D eigenvalue weighted by Crippen LogP contribution is 2.19. The van der Waals surface area contributed by atoms with Crippen molar-refractivity contribution in [2.75, 3.05) is 13.7 Å².